The third kappa shape index (κ3) is 2.17. The molecule has 6 nitrogen and oxygen atoms in total. The average molecular weight is 326 g/mol. The van der Waals surface area contributed by atoms with Crippen LogP contribution in [0.3, 0.4) is 0 Å². The molecule has 1 aliphatic heterocycles. The summed E-state index contributed by atoms with van der Waals surface area (Å²) in [6, 6.07) is 2.90. The van der Waals surface area contributed by atoms with Crippen LogP contribution in [-0.2, 0) is 16.9 Å². The van der Waals surface area contributed by atoms with Gasteiger partial charge < -0.3 is 5.32 Å². The maximum absolute atomic E-state index is 12.8. The predicted molar refractivity (Wildman–Crippen MR) is 74.2 cm³/mol. The third-order valence-corrected chi connectivity index (χ3v) is 4.64. The summed E-state index contributed by atoms with van der Waals surface area (Å²) >= 11 is 1.34. The van der Waals surface area contributed by atoms with E-state index in [9.17, 15) is 18.4 Å². The largest absolute Gasteiger partial charge is 0.325 e. The Balaban J connectivity index is 1.88. The maximum atomic E-state index is 12.8. The highest BCUT2D eigenvalue weighted by molar-refractivity contribution is 7.10. The number of halogens is 2. The summed E-state index contributed by atoms with van der Waals surface area (Å²) in [5.41, 5.74) is -1.17. The number of urea groups is 1. The molecular weight excluding hydrogens is 314 g/mol. The molecule has 9 heteroatoms. The minimum Gasteiger partial charge on any atom is -0.319 e. The van der Waals surface area contributed by atoms with Gasteiger partial charge in [-0.3, -0.25) is 14.3 Å². The highest BCUT2D eigenvalue weighted by Gasteiger charge is 2.49. The second-order valence-electron chi connectivity index (χ2n) is 4.95. The van der Waals surface area contributed by atoms with Gasteiger partial charge in [0.05, 0.1) is 6.54 Å². The van der Waals surface area contributed by atoms with Crippen molar-refractivity contribution in [3.05, 3.63) is 40.6 Å². The van der Waals surface area contributed by atoms with Gasteiger partial charge in [0.15, 0.2) is 5.54 Å². The standard InChI is InChI=1S/C13H12F2N4O2S/c1-13(8-3-2-6-22-8)10(20)19(12(21)17-13)7-9-16-4-5-18(9)11(14)15/h2-6,11H,7H2,1H3,(H,17,21). The van der Waals surface area contributed by atoms with Crippen LogP contribution in [0.25, 0.3) is 0 Å². The van der Waals surface area contributed by atoms with Crippen molar-refractivity contribution in [1.82, 2.24) is 19.8 Å². The second-order valence-corrected chi connectivity index (χ2v) is 5.90. The SMILES string of the molecule is CC1(c2cccs2)NC(=O)N(Cc2nccn2C(F)F)C1=O. The molecule has 0 aliphatic carbocycles. The molecule has 3 rings (SSSR count). The molecule has 0 radical (unpaired) electrons. The first kappa shape index (κ1) is 14.6. The summed E-state index contributed by atoms with van der Waals surface area (Å²) in [7, 11) is 0. The van der Waals surface area contributed by atoms with Crippen LogP contribution in [0.2, 0.25) is 0 Å². The minimum atomic E-state index is -2.78. The van der Waals surface area contributed by atoms with Crippen molar-refractivity contribution in [3.63, 3.8) is 0 Å². The van der Waals surface area contributed by atoms with E-state index in [-0.39, 0.29) is 12.4 Å². The van der Waals surface area contributed by atoms with Crippen molar-refractivity contribution in [2.75, 3.05) is 0 Å². The number of nitrogens with zero attached hydrogens (tertiary/aromatic N) is 3. The van der Waals surface area contributed by atoms with Gasteiger partial charge >= 0.3 is 12.6 Å². The lowest BCUT2D eigenvalue weighted by atomic mass is 10.0. The first-order valence-corrected chi connectivity index (χ1v) is 7.29. The van der Waals surface area contributed by atoms with Crippen LogP contribution in [0.15, 0.2) is 29.9 Å². The number of imide groups is 1. The van der Waals surface area contributed by atoms with E-state index in [2.05, 4.69) is 10.3 Å². The quantitative estimate of drug-likeness (QED) is 0.877. The molecule has 1 unspecified atom stereocenters. The van der Waals surface area contributed by atoms with Gasteiger partial charge in [-0.15, -0.1) is 11.3 Å². The van der Waals surface area contributed by atoms with E-state index in [0.717, 1.165) is 11.1 Å². The second kappa shape index (κ2) is 5.16. The molecular formula is C13H12F2N4O2S. The van der Waals surface area contributed by atoms with Gasteiger partial charge in [-0.05, 0) is 18.4 Å². The number of aromatic nitrogens is 2. The topological polar surface area (TPSA) is 67.2 Å². The van der Waals surface area contributed by atoms with Gasteiger partial charge in [-0.25, -0.2) is 9.78 Å². The molecule has 0 aromatic carbocycles. The zero-order valence-corrected chi connectivity index (χ0v) is 12.3. The molecule has 0 spiro atoms. The molecule has 1 atom stereocenters. The van der Waals surface area contributed by atoms with E-state index in [1.807, 2.05) is 0 Å². The van der Waals surface area contributed by atoms with Crippen LogP contribution in [0.1, 0.15) is 24.2 Å². The highest BCUT2D eigenvalue weighted by atomic mass is 32.1. The van der Waals surface area contributed by atoms with Gasteiger partial charge in [0, 0.05) is 17.3 Å². The summed E-state index contributed by atoms with van der Waals surface area (Å²) in [4.78, 5) is 30.0. The summed E-state index contributed by atoms with van der Waals surface area (Å²) in [5.74, 6) is -0.530. The van der Waals surface area contributed by atoms with E-state index in [0.29, 0.717) is 9.44 Å². The van der Waals surface area contributed by atoms with Crippen molar-refractivity contribution in [3.8, 4) is 0 Å². The lowest BCUT2D eigenvalue weighted by molar-refractivity contribution is -0.131. The van der Waals surface area contributed by atoms with Gasteiger partial charge in [0.2, 0.25) is 0 Å². The van der Waals surface area contributed by atoms with Crippen molar-refractivity contribution >= 4 is 23.3 Å². The fourth-order valence-corrected chi connectivity index (χ4v) is 3.19. The molecule has 1 saturated heterocycles. The summed E-state index contributed by atoms with van der Waals surface area (Å²) in [5, 5.41) is 4.41. The molecule has 0 bridgehead atoms. The molecule has 2 aromatic rings. The van der Waals surface area contributed by atoms with Crippen LogP contribution in [0.4, 0.5) is 13.6 Å². The smallest absolute Gasteiger partial charge is 0.319 e. The third-order valence-electron chi connectivity index (χ3n) is 3.55. The molecule has 1 fully saturated rings. The van der Waals surface area contributed by atoms with Crippen LogP contribution in [-0.4, -0.2) is 26.4 Å². The Morgan fingerprint density at radius 3 is 2.86 bits per heavy atom. The number of nitrogens with one attached hydrogen (secondary N) is 1. The number of thiophene rings is 1. The number of carbonyl (C=O) groups is 2. The fourth-order valence-electron chi connectivity index (χ4n) is 2.36. The van der Waals surface area contributed by atoms with Crippen molar-refractivity contribution in [1.29, 1.82) is 0 Å². The molecule has 22 heavy (non-hydrogen) atoms. The Bertz CT molecular complexity index is 715. The maximum Gasteiger partial charge on any atom is 0.325 e. The average Bonchev–Trinajstić information content (AvgIpc) is 3.17. The molecule has 0 saturated carbocycles. The van der Waals surface area contributed by atoms with Crippen molar-refractivity contribution in [2.45, 2.75) is 25.6 Å². The number of imidazole rings is 1. The van der Waals surface area contributed by atoms with E-state index >= 15 is 0 Å². The first-order chi connectivity index (χ1) is 10.4. The van der Waals surface area contributed by atoms with Gasteiger partial charge in [0.1, 0.15) is 5.82 Å². The molecule has 1 aliphatic rings. The van der Waals surface area contributed by atoms with Gasteiger partial charge in [0.25, 0.3) is 5.91 Å². The molecule has 3 heterocycles. The normalized spacial score (nSPS) is 21.7. The Morgan fingerprint density at radius 1 is 1.45 bits per heavy atom. The van der Waals surface area contributed by atoms with E-state index < -0.39 is 24.0 Å². The molecule has 1 N–H and O–H groups in total. The number of rotatable bonds is 4. The predicted octanol–water partition coefficient (Wildman–Crippen LogP) is 2.31. The van der Waals surface area contributed by atoms with Gasteiger partial charge in [-0.2, -0.15) is 8.78 Å². The lowest BCUT2D eigenvalue weighted by Crippen LogP contribution is -2.40. The minimum absolute atomic E-state index is 0.0473. The fraction of sp³-hybridized carbons (Fsp3) is 0.308. The summed E-state index contributed by atoms with van der Waals surface area (Å²) < 4.78 is 26.3. The number of carbonyl (C=O) groups excluding carboxylic acids is 2. The number of alkyl halides is 2. The number of amides is 3. The number of hydrogen-bond acceptors (Lipinski definition) is 4. The van der Waals surface area contributed by atoms with Crippen molar-refractivity contribution in [2.24, 2.45) is 0 Å². The zero-order valence-electron chi connectivity index (χ0n) is 11.5. The van der Waals surface area contributed by atoms with E-state index in [4.69, 9.17) is 0 Å². The Labute approximate surface area is 128 Å². The Kier molecular flexibility index (Phi) is 3.44. The summed E-state index contributed by atoms with van der Waals surface area (Å²) in [6.45, 7) is -1.48. The monoisotopic (exact) mass is 326 g/mol. The summed E-state index contributed by atoms with van der Waals surface area (Å²) in [6.07, 6.45) is 2.31. The van der Waals surface area contributed by atoms with Crippen LogP contribution in [0.5, 0.6) is 0 Å². The Hall–Kier alpha value is -2.29. The lowest BCUT2D eigenvalue weighted by Gasteiger charge is -2.20. The van der Waals surface area contributed by atoms with E-state index in [1.54, 1.807) is 24.4 Å². The molecule has 3 amide bonds. The number of hydrogen-bond donors (Lipinski definition) is 1. The van der Waals surface area contributed by atoms with Crippen LogP contribution in [0, 0.1) is 0 Å². The van der Waals surface area contributed by atoms with Gasteiger partial charge in [-0.1, -0.05) is 6.07 Å². The van der Waals surface area contributed by atoms with Crippen LogP contribution < -0.4 is 5.32 Å². The van der Waals surface area contributed by atoms with E-state index in [1.165, 1.54) is 17.5 Å². The Morgan fingerprint density at radius 2 is 2.23 bits per heavy atom. The highest BCUT2D eigenvalue weighted by Crippen LogP contribution is 2.32. The molecule has 116 valence electrons. The molecule has 2 aromatic heterocycles. The zero-order chi connectivity index (χ0) is 15.9. The van der Waals surface area contributed by atoms with Crippen molar-refractivity contribution < 1.29 is 18.4 Å². The first-order valence-electron chi connectivity index (χ1n) is 6.41. The van der Waals surface area contributed by atoms with Crippen LogP contribution >= 0.6 is 11.3 Å².